The van der Waals surface area contributed by atoms with Crippen molar-refractivity contribution in [3.05, 3.63) is 41.3 Å². The summed E-state index contributed by atoms with van der Waals surface area (Å²) in [4.78, 5) is 13.2. The van der Waals surface area contributed by atoms with Crippen LogP contribution in [0.2, 0.25) is 0 Å². The van der Waals surface area contributed by atoms with Crippen molar-refractivity contribution in [2.24, 2.45) is 0 Å². The Labute approximate surface area is 147 Å². The summed E-state index contributed by atoms with van der Waals surface area (Å²) in [6.07, 6.45) is 0. The monoisotopic (exact) mass is 361 g/mol. The number of carbonyl (C=O) groups is 1. The second-order valence-electron chi connectivity index (χ2n) is 4.78. The van der Waals surface area contributed by atoms with Gasteiger partial charge >= 0.3 is 6.01 Å². The van der Waals surface area contributed by atoms with Gasteiger partial charge in [0.1, 0.15) is 18.1 Å². The number of ether oxygens (including phenoxy) is 2. The maximum Gasteiger partial charge on any atom is 0.322 e. The quantitative estimate of drug-likeness (QED) is 0.665. The van der Waals surface area contributed by atoms with Gasteiger partial charge in [0, 0.05) is 6.07 Å². The summed E-state index contributed by atoms with van der Waals surface area (Å²) in [5.74, 6) is 0.697. The third kappa shape index (κ3) is 3.95. The molecule has 3 aromatic rings. The van der Waals surface area contributed by atoms with Crippen LogP contribution in [-0.4, -0.2) is 41.5 Å². The van der Waals surface area contributed by atoms with Crippen molar-refractivity contribution in [1.29, 1.82) is 0 Å². The van der Waals surface area contributed by atoms with Crippen LogP contribution in [0, 0.1) is 0 Å². The zero-order valence-corrected chi connectivity index (χ0v) is 14.1. The highest BCUT2D eigenvalue weighted by molar-refractivity contribution is 7.13. The number of hydrogen-bond acceptors (Lipinski definition) is 8. The molecular formula is C16H15N3O5S. The van der Waals surface area contributed by atoms with Gasteiger partial charge in [-0.15, -0.1) is 16.4 Å². The van der Waals surface area contributed by atoms with Crippen LogP contribution >= 0.6 is 11.3 Å². The van der Waals surface area contributed by atoms with Crippen LogP contribution in [0.4, 0.5) is 6.01 Å². The van der Waals surface area contributed by atoms with Crippen LogP contribution in [0.1, 0.15) is 10.4 Å². The number of benzene rings is 1. The number of carbonyl (C=O) groups excluding carboxylic acids is 1. The van der Waals surface area contributed by atoms with Crippen molar-refractivity contribution in [1.82, 2.24) is 10.2 Å². The number of thiophene rings is 1. The molecule has 0 fully saturated rings. The number of anilines is 1. The summed E-state index contributed by atoms with van der Waals surface area (Å²) in [5.41, 5.74) is 0.287. The van der Waals surface area contributed by atoms with Crippen molar-refractivity contribution in [2.45, 2.75) is 0 Å². The Kier molecular flexibility index (Phi) is 5.26. The lowest BCUT2D eigenvalue weighted by Gasteiger charge is -2.10. The Balaban J connectivity index is 1.74. The minimum atomic E-state index is -0.452. The van der Waals surface area contributed by atoms with Gasteiger partial charge < -0.3 is 19.0 Å². The number of aliphatic hydroxyl groups is 1. The zero-order valence-electron chi connectivity index (χ0n) is 13.3. The van der Waals surface area contributed by atoms with Gasteiger partial charge in [-0.05, 0) is 23.6 Å². The maximum atomic E-state index is 12.4. The Hall–Kier alpha value is -2.91. The first-order valence-corrected chi connectivity index (χ1v) is 8.19. The fourth-order valence-electron chi connectivity index (χ4n) is 2.05. The second-order valence-corrected chi connectivity index (χ2v) is 5.73. The SMILES string of the molecule is COc1cc(OCCO)ccc1C(=O)Nc1nnc(-c2cccs2)o1. The van der Waals surface area contributed by atoms with E-state index in [4.69, 9.17) is 19.0 Å². The zero-order chi connectivity index (χ0) is 17.6. The summed E-state index contributed by atoms with van der Waals surface area (Å²) in [5, 5.41) is 20.9. The summed E-state index contributed by atoms with van der Waals surface area (Å²) in [6, 6.07) is 8.44. The summed E-state index contributed by atoms with van der Waals surface area (Å²) < 4.78 is 15.9. The van der Waals surface area contributed by atoms with Gasteiger partial charge in [0.2, 0.25) is 0 Å². The Morgan fingerprint density at radius 2 is 2.24 bits per heavy atom. The minimum Gasteiger partial charge on any atom is -0.496 e. The van der Waals surface area contributed by atoms with E-state index >= 15 is 0 Å². The molecule has 0 spiro atoms. The number of nitrogens with zero attached hydrogens (tertiary/aromatic N) is 2. The Morgan fingerprint density at radius 3 is 2.96 bits per heavy atom. The number of hydrogen-bond donors (Lipinski definition) is 2. The van der Waals surface area contributed by atoms with Crippen molar-refractivity contribution in [2.75, 3.05) is 25.6 Å². The summed E-state index contributed by atoms with van der Waals surface area (Å²) in [6.45, 7) is 0.0521. The van der Waals surface area contributed by atoms with Crippen LogP contribution in [0.15, 0.2) is 40.1 Å². The Morgan fingerprint density at radius 1 is 1.36 bits per heavy atom. The van der Waals surface area contributed by atoms with Gasteiger partial charge in [-0.2, -0.15) is 0 Å². The second kappa shape index (κ2) is 7.77. The van der Waals surface area contributed by atoms with E-state index in [0.29, 0.717) is 17.4 Å². The minimum absolute atomic E-state index is 0.00365. The first-order valence-electron chi connectivity index (χ1n) is 7.31. The van der Waals surface area contributed by atoms with Gasteiger partial charge in [-0.3, -0.25) is 10.1 Å². The van der Waals surface area contributed by atoms with E-state index in [1.165, 1.54) is 18.4 Å². The molecule has 25 heavy (non-hydrogen) atoms. The van der Waals surface area contributed by atoms with Gasteiger partial charge in [0.25, 0.3) is 11.8 Å². The molecular weight excluding hydrogens is 346 g/mol. The van der Waals surface area contributed by atoms with Crippen LogP contribution in [0.5, 0.6) is 11.5 Å². The fraction of sp³-hybridized carbons (Fsp3) is 0.188. The number of aliphatic hydroxyl groups excluding tert-OH is 1. The normalized spacial score (nSPS) is 10.5. The molecule has 0 radical (unpaired) electrons. The molecule has 130 valence electrons. The highest BCUT2D eigenvalue weighted by atomic mass is 32.1. The molecule has 8 nitrogen and oxygen atoms in total. The number of amides is 1. The van der Waals surface area contributed by atoms with E-state index in [2.05, 4.69) is 15.5 Å². The molecule has 9 heteroatoms. The van der Waals surface area contributed by atoms with E-state index in [1.54, 1.807) is 18.2 Å². The Bertz CT molecular complexity index is 847. The maximum absolute atomic E-state index is 12.4. The molecule has 2 aromatic heterocycles. The van der Waals surface area contributed by atoms with Crippen molar-refractivity contribution in [3.63, 3.8) is 0 Å². The lowest BCUT2D eigenvalue weighted by Crippen LogP contribution is -2.13. The van der Waals surface area contributed by atoms with Gasteiger partial charge in [-0.25, -0.2) is 0 Å². The third-order valence-electron chi connectivity index (χ3n) is 3.16. The number of aromatic nitrogens is 2. The summed E-state index contributed by atoms with van der Waals surface area (Å²) >= 11 is 1.46. The topological polar surface area (TPSA) is 107 Å². The standard InChI is InChI=1S/C16H15N3O5S/c1-22-12-9-10(23-7-6-20)4-5-11(12)14(21)17-16-19-18-15(24-16)13-3-2-8-25-13/h2-5,8-9,20H,6-7H2,1H3,(H,17,19,21). The molecule has 0 unspecified atom stereocenters. The molecule has 0 aliphatic heterocycles. The molecule has 1 amide bonds. The molecule has 1 aromatic carbocycles. The lowest BCUT2D eigenvalue weighted by molar-refractivity contribution is 0.102. The van der Waals surface area contributed by atoms with Crippen LogP contribution in [-0.2, 0) is 0 Å². The molecule has 2 N–H and O–H groups in total. The highest BCUT2D eigenvalue weighted by Crippen LogP contribution is 2.27. The predicted octanol–water partition coefficient (Wildman–Crippen LogP) is 2.43. The molecule has 0 aliphatic rings. The van der Waals surface area contributed by atoms with Gasteiger partial charge in [0.15, 0.2) is 0 Å². The van der Waals surface area contributed by atoms with Gasteiger partial charge in [-0.1, -0.05) is 11.2 Å². The number of rotatable bonds is 7. The largest absolute Gasteiger partial charge is 0.496 e. The molecule has 0 saturated carbocycles. The highest BCUT2D eigenvalue weighted by Gasteiger charge is 2.17. The van der Waals surface area contributed by atoms with Crippen LogP contribution in [0.3, 0.4) is 0 Å². The molecule has 2 heterocycles. The molecule has 3 rings (SSSR count). The fourth-order valence-corrected chi connectivity index (χ4v) is 2.69. The first-order chi connectivity index (χ1) is 12.2. The predicted molar refractivity (Wildman–Crippen MR) is 91.1 cm³/mol. The van der Waals surface area contributed by atoms with E-state index < -0.39 is 5.91 Å². The molecule has 0 atom stereocenters. The number of methoxy groups -OCH3 is 1. The third-order valence-corrected chi connectivity index (χ3v) is 4.01. The lowest BCUT2D eigenvalue weighted by atomic mass is 10.2. The van der Waals surface area contributed by atoms with Crippen molar-refractivity contribution < 1.29 is 23.8 Å². The van der Waals surface area contributed by atoms with Crippen molar-refractivity contribution in [3.8, 4) is 22.3 Å². The molecule has 0 bridgehead atoms. The first kappa shape index (κ1) is 16.9. The smallest absolute Gasteiger partial charge is 0.322 e. The van der Waals surface area contributed by atoms with Crippen molar-refractivity contribution >= 4 is 23.3 Å². The van der Waals surface area contributed by atoms with E-state index in [0.717, 1.165) is 4.88 Å². The summed E-state index contributed by atoms with van der Waals surface area (Å²) in [7, 11) is 1.45. The average molecular weight is 361 g/mol. The molecule has 0 saturated heterocycles. The number of nitrogens with one attached hydrogen (secondary N) is 1. The van der Waals surface area contributed by atoms with Gasteiger partial charge in [0.05, 0.1) is 24.2 Å². The van der Waals surface area contributed by atoms with E-state index in [-0.39, 0.29) is 24.8 Å². The van der Waals surface area contributed by atoms with E-state index in [9.17, 15) is 4.79 Å². The average Bonchev–Trinajstić information content (AvgIpc) is 3.31. The molecule has 0 aliphatic carbocycles. The van der Waals surface area contributed by atoms with Crippen LogP contribution in [0.25, 0.3) is 10.8 Å². The van der Waals surface area contributed by atoms with E-state index in [1.807, 2.05) is 17.5 Å². The van der Waals surface area contributed by atoms with Crippen LogP contribution < -0.4 is 14.8 Å².